The number of fused-ring (bicyclic) bond motifs is 1. The topological polar surface area (TPSA) is 43.8 Å². The average molecular weight is 282 g/mol. The molecule has 0 aromatic heterocycles. The summed E-state index contributed by atoms with van der Waals surface area (Å²) in [6, 6.07) is 0.321. The molecular formula is C16H30N2O2. The van der Waals surface area contributed by atoms with Crippen molar-refractivity contribution < 1.29 is 9.90 Å². The summed E-state index contributed by atoms with van der Waals surface area (Å²) in [5.74, 6) is 0.0283. The molecule has 116 valence electrons. The number of carboxylic acid groups (broad SMARTS) is 1. The van der Waals surface area contributed by atoms with Gasteiger partial charge in [-0.05, 0) is 51.2 Å². The van der Waals surface area contributed by atoms with Gasteiger partial charge in [-0.1, -0.05) is 26.7 Å². The molecule has 0 aromatic rings. The van der Waals surface area contributed by atoms with E-state index in [-0.39, 0.29) is 6.04 Å². The fourth-order valence-corrected chi connectivity index (χ4v) is 4.13. The second-order valence-electron chi connectivity index (χ2n) is 6.32. The third kappa shape index (κ3) is 3.53. The number of rotatable bonds is 7. The number of hydrogen-bond acceptors (Lipinski definition) is 3. The van der Waals surface area contributed by atoms with E-state index in [0.717, 1.165) is 39.0 Å². The van der Waals surface area contributed by atoms with Crippen LogP contribution in [0.15, 0.2) is 0 Å². The first kappa shape index (κ1) is 15.8. The maximum Gasteiger partial charge on any atom is 0.320 e. The van der Waals surface area contributed by atoms with Gasteiger partial charge in [-0.2, -0.15) is 0 Å². The van der Waals surface area contributed by atoms with Gasteiger partial charge in [0.2, 0.25) is 0 Å². The standard InChI is InChI=1S/C16H30N2O2/c1-3-17(4-2)10-7-11-18-14-9-6-5-8-13(14)12-15(18)16(19)20/h13-15H,3-12H2,1-2H3,(H,19,20). The highest BCUT2D eigenvalue weighted by Gasteiger charge is 2.44. The average Bonchev–Trinajstić information content (AvgIpc) is 2.83. The molecule has 3 unspecified atom stereocenters. The molecule has 3 atom stereocenters. The molecular weight excluding hydrogens is 252 g/mol. The van der Waals surface area contributed by atoms with E-state index in [1.807, 2.05) is 0 Å². The van der Waals surface area contributed by atoms with E-state index in [1.165, 1.54) is 25.7 Å². The minimum Gasteiger partial charge on any atom is -0.480 e. The van der Waals surface area contributed by atoms with Crippen LogP contribution in [0.2, 0.25) is 0 Å². The fraction of sp³-hybridized carbons (Fsp3) is 0.938. The van der Waals surface area contributed by atoms with Crippen molar-refractivity contribution in [3.05, 3.63) is 0 Å². The van der Waals surface area contributed by atoms with Gasteiger partial charge in [0, 0.05) is 12.6 Å². The maximum absolute atomic E-state index is 11.5. The predicted molar refractivity (Wildman–Crippen MR) is 80.9 cm³/mol. The Morgan fingerprint density at radius 2 is 1.95 bits per heavy atom. The largest absolute Gasteiger partial charge is 0.480 e. The van der Waals surface area contributed by atoms with E-state index in [0.29, 0.717) is 12.0 Å². The number of carboxylic acids is 1. The van der Waals surface area contributed by atoms with E-state index in [2.05, 4.69) is 23.6 Å². The Morgan fingerprint density at radius 3 is 2.60 bits per heavy atom. The Balaban J connectivity index is 1.90. The Morgan fingerprint density at radius 1 is 1.25 bits per heavy atom. The Kier molecular flexibility index (Phi) is 5.85. The van der Waals surface area contributed by atoms with Crippen molar-refractivity contribution >= 4 is 5.97 Å². The summed E-state index contributed by atoms with van der Waals surface area (Å²) in [7, 11) is 0. The van der Waals surface area contributed by atoms with Crippen LogP contribution in [0.25, 0.3) is 0 Å². The second kappa shape index (κ2) is 7.41. The van der Waals surface area contributed by atoms with Gasteiger partial charge in [-0.15, -0.1) is 0 Å². The highest BCUT2D eigenvalue weighted by atomic mass is 16.4. The Labute approximate surface area is 123 Å². The second-order valence-corrected chi connectivity index (χ2v) is 6.32. The lowest BCUT2D eigenvalue weighted by Crippen LogP contribution is -2.43. The van der Waals surface area contributed by atoms with Crippen molar-refractivity contribution in [3.63, 3.8) is 0 Å². The molecule has 1 saturated carbocycles. The molecule has 0 aromatic carbocycles. The summed E-state index contributed by atoms with van der Waals surface area (Å²) in [4.78, 5) is 16.2. The summed E-state index contributed by atoms with van der Waals surface area (Å²) >= 11 is 0. The van der Waals surface area contributed by atoms with Gasteiger partial charge in [-0.3, -0.25) is 9.69 Å². The van der Waals surface area contributed by atoms with E-state index >= 15 is 0 Å². The highest BCUT2D eigenvalue weighted by Crippen LogP contribution is 2.39. The van der Waals surface area contributed by atoms with Crippen LogP contribution >= 0.6 is 0 Å². The minimum atomic E-state index is -0.609. The van der Waals surface area contributed by atoms with Gasteiger partial charge >= 0.3 is 5.97 Å². The number of hydrogen-bond donors (Lipinski definition) is 1. The molecule has 4 heteroatoms. The van der Waals surface area contributed by atoms with Gasteiger partial charge in [0.15, 0.2) is 0 Å². The highest BCUT2D eigenvalue weighted by molar-refractivity contribution is 5.74. The molecule has 1 aliphatic carbocycles. The minimum absolute atomic E-state index is 0.222. The van der Waals surface area contributed by atoms with Crippen molar-refractivity contribution in [1.29, 1.82) is 0 Å². The zero-order valence-corrected chi connectivity index (χ0v) is 13.1. The van der Waals surface area contributed by atoms with Gasteiger partial charge in [0.05, 0.1) is 0 Å². The molecule has 1 aliphatic heterocycles. The Hall–Kier alpha value is -0.610. The summed E-state index contributed by atoms with van der Waals surface area (Å²) in [5.41, 5.74) is 0. The summed E-state index contributed by atoms with van der Waals surface area (Å²) in [6.45, 7) is 8.60. The lowest BCUT2D eigenvalue weighted by atomic mass is 9.85. The lowest BCUT2D eigenvalue weighted by Gasteiger charge is -2.33. The quantitative estimate of drug-likeness (QED) is 0.779. The maximum atomic E-state index is 11.5. The molecule has 0 bridgehead atoms. The van der Waals surface area contributed by atoms with Crippen LogP contribution in [0.4, 0.5) is 0 Å². The number of carbonyl (C=O) groups is 1. The molecule has 0 spiro atoms. The van der Waals surface area contributed by atoms with E-state index in [9.17, 15) is 9.90 Å². The van der Waals surface area contributed by atoms with Gasteiger partial charge in [-0.25, -0.2) is 0 Å². The first-order valence-electron chi connectivity index (χ1n) is 8.38. The van der Waals surface area contributed by atoms with Crippen LogP contribution in [0.3, 0.4) is 0 Å². The van der Waals surface area contributed by atoms with Crippen LogP contribution in [0, 0.1) is 5.92 Å². The van der Waals surface area contributed by atoms with Crippen LogP contribution in [-0.2, 0) is 4.79 Å². The van der Waals surface area contributed by atoms with Gasteiger partial charge in [0.1, 0.15) is 6.04 Å². The molecule has 2 fully saturated rings. The molecule has 1 heterocycles. The predicted octanol–water partition coefficient (Wildman–Crippen LogP) is 2.44. The lowest BCUT2D eigenvalue weighted by molar-refractivity contribution is -0.142. The molecule has 0 amide bonds. The molecule has 2 rings (SSSR count). The third-order valence-electron chi connectivity index (χ3n) is 5.29. The normalized spacial score (nSPS) is 30.6. The number of nitrogens with zero attached hydrogens (tertiary/aromatic N) is 2. The molecule has 2 aliphatic rings. The zero-order valence-electron chi connectivity index (χ0n) is 13.1. The van der Waals surface area contributed by atoms with Crippen LogP contribution in [0.5, 0.6) is 0 Å². The van der Waals surface area contributed by atoms with E-state index in [4.69, 9.17) is 0 Å². The van der Waals surface area contributed by atoms with Gasteiger partial charge < -0.3 is 10.0 Å². The SMILES string of the molecule is CCN(CC)CCCN1C(C(=O)O)CC2CCCCC21. The summed E-state index contributed by atoms with van der Waals surface area (Å²) < 4.78 is 0. The van der Waals surface area contributed by atoms with Crippen molar-refractivity contribution in [2.45, 2.75) is 64.5 Å². The van der Waals surface area contributed by atoms with E-state index in [1.54, 1.807) is 0 Å². The van der Waals surface area contributed by atoms with E-state index < -0.39 is 5.97 Å². The van der Waals surface area contributed by atoms with Crippen LogP contribution < -0.4 is 0 Å². The zero-order chi connectivity index (χ0) is 14.5. The fourth-order valence-electron chi connectivity index (χ4n) is 4.13. The molecule has 20 heavy (non-hydrogen) atoms. The van der Waals surface area contributed by atoms with Crippen molar-refractivity contribution in [1.82, 2.24) is 9.80 Å². The molecule has 0 radical (unpaired) electrons. The van der Waals surface area contributed by atoms with Crippen molar-refractivity contribution in [2.75, 3.05) is 26.2 Å². The smallest absolute Gasteiger partial charge is 0.320 e. The monoisotopic (exact) mass is 282 g/mol. The van der Waals surface area contributed by atoms with Crippen molar-refractivity contribution in [3.8, 4) is 0 Å². The third-order valence-corrected chi connectivity index (χ3v) is 5.29. The molecule has 1 N–H and O–H groups in total. The number of likely N-dealkylation sites (tertiary alicyclic amines) is 1. The summed E-state index contributed by atoms with van der Waals surface area (Å²) in [5, 5.41) is 9.48. The number of aliphatic carboxylic acids is 1. The first-order valence-corrected chi connectivity index (χ1v) is 8.38. The molecule has 1 saturated heterocycles. The van der Waals surface area contributed by atoms with Crippen LogP contribution in [0.1, 0.15) is 52.4 Å². The first-order chi connectivity index (χ1) is 9.67. The van der Waals surface area contributed by atoms with Crippen LogP contribution in [-0.4, -0.2) is 59.1 Å². The van der Waals surface area contributed by atoms with Gasteiger partial charge in [0.25, 0.3) is 0 Å². The molecule has 4 nitrogen and oxygen atoms in total. The Bertz CT molecular complexity index is 318. The summed E-state index contributed by atoms with van der Waals surface area (Å²) in [6.07, 6.45) is 6.99. The van der Waals surface area contributed by atoms with Crippen molar-refractivity contribution in [2.24, 2.45) is 5.92 Å².